The van der Waals surface area contributed by atoms with Crippen LogP contribution in [0.25, 0.3) is 0 Å². The number of aliphatic hydroxyl groups is 1. The molecule has 0 amide bonds. The summed E-state index contributed by atoms with van der Waals surface area (Å²) in [5.74, 6) is 0.855. The van der Waals surface area contributed by atoms with E-state index in [4.69, 9.17) is 9.47 Å². The summed E-state index contributed by atoms with van der Waals surface area (Å²) < 4.78 is 11.2. The Bertz CT molecular complexity index is 436. The highest BCUT2D eigenvalue weighted by molar-refractivity contribution is 5.43. The minimum atomic E-state index is -0.623. The van der Waals surface area contributed by atoms with Crippen LogP contribution in [0.1, 0.15) is 56.4 Å². The second-order valence-electron chi connectivity index (χ2n) is 5.29. The monoisotopic (exact) mass is 280 g/mol. The van der Waals surface area contributed by atoms with Crippen molar-refractivity contribution in [1.29, 1.82) is 0 Å². The minimum Gasteiger partial charge on any atom is -0.496 e. The Labute approximate surface area is 122 Å². The first-order valence-corrected chi connectivity index (χ1v) is 7.42. The standard InChI is InChI=1S/C17H28O3/c1-7-17(8-2,20-9-3)16(18)14-10-13(5)15(19-6)11-12(14)4/h10-11,16,18H,7-9H2,1-6H3. The van der Waals surface area contributed by atoms with E-state index in [-0.39, 0.29) is 0 Å². The van der Waals surface area contributed by atoms with E-state index in [2.05, 4.69) is 13.8 Å². The molecule has 1 unspecified atom stereocenters. The molecule has 3 nitrogen and oxygen atoms in total. The Morgan fingerprint density at radius 1 is 1.10 bits per heavy atom. The third-order valence-corrected chi connectivity index (χ3v) is 4.21. The van der Waals surface area contributed by atoms with Gasteiger partial charge in [0.15, 0.2) is 0 Å². The molecule has 3 heteroatoms. The summed E-state index contributed by atoms with van der Waals surface area (Å²) in [5.41, 5.74) is 2.48. The van der Waals surface area contributed by atoms with Crippen molar-refractivity contribution in [1.82, 2.24) is 0 Å². The van der Waals surface area contributed by atoms with Crippen molar-refractivity contribution in [3.05, 3.63) is 28.8 Å². The van der Waals surface area contributed by atoms with Gasteiger partial charge >= 0.3 is 0 Å². The summed E-state index contributed by atoms with van der Waals surface area (Å²) in [7, 11) is 1.67. The van der Waals surface area contributed by atoms with Crippen molar-refractivity contribution in [2.24, 2.45) is 0 Å². The van der Waals surface area contributed by atoms with Crippen molar-refractivity contribution in [3.63, 3.8) is 0 Å². The minimum absolute atomic E-state index is 0.513. The van der Waals surface area contributed by atoms with Gasteiger partial charge in [0.05, 0.1) is 12.7 Å². The average molecular weight is 280 g/mol. The predicted molar refractivity (Wildman–Crippen MR) is 82.4 cm³/mol. The Morgan fingerprint density at radius 2 is 1.70 bits per heavy atom. The van der Waals surface area contributed by atoms with Crippen molar-refractivity contribution in [2.45, 2.75) is 59.2 Å². The molecule has 0 heterocycles. The zero-order valence-corrected chi connectivity index (χ0v) is 13.6. The van der Waals surface area contributed by atoms with Crippen LogP contribution in [0.3, 0.4) is 0 Å². The number of hydrogen-bond donors (Lipinski definition) is 1. The number of rotatable bonds is 7. The van der Waals surface area contributed by atoms with Gasteiger partial charge in [-0.3, -0.25) is 0 Å². The van der Waals surface area contributed by atoms with Crippen LogP contribution in [-0.4, -0.2) is 24.4 Å². The normalized spacial score (nSPS) is 13.3. The maximum absolute atomic E-state index is 10.9. The lowest BCUT2D eigenvalue weighted by Crippen LogP contribution is -2.38. The van der Waals surface area contributed by atoms with E-state index in [1.54, 1.807) is 7.11 Å². The summed E-state index contributed by atoms with van der Waals surface area (Å²) in [6.07, 6.45) is 0.938. The first-order valence-electron chi connectivity index (χ1n) is 7.42. The average Bonchev–Trinajstić information content (AvgIpc) is 2.46. The second-order valence-corrected chi connectivity index (χ2v) is 5.29. The van der Waals surface area contributed by atoms with Crippen molar-refractivity contribution in [2.75, 3.05) is 13.7 Å². The van der Waals surface area contributed by atoms with Gasteiger partial charge in [-0.15, -0.1) is 0 Å². The molecular formula is C17H28O3. The lowest BCUT2D eigenvalue weighted by Gasteiger charge is -2.37. The third kappa shape index (κ3) is 3.15. The summed E-state index contributed by atoms with van der Waals surface area (Å²) in [4.78, 5) is 0. The molecule has 114 valence electrons. The number of hydrogen-bond acceptors (Lipinski definition) is 3. The Morgan fingerprint density at radius 3 is 2.15 bits per heavy atom. The molecule has 1 N–H and O–H groups in total. The van der Waals surface area contributed by atoms with Gasteiger partial charge in [-0.1, -0.05) is 13.8 Å². The van der Waals surface area contributed by atoms with Crippen LogP contribution in [0, 0.1) is 13.8 Å². The molecule has 1 rings (SSSR count). The SMILES string of the molecule is CCOC(CC)(CC)C(O)c1cc(C)c(OC)cc1C. The quantitative estimate of drug-likeness (QED) is 0.822. The van der Waals surface area contributed by atoms with Crippen LogP contribution in [0.5, 0.6) is 5.75 Å². The van der Waals surface area contributed by atoms with Crippen molar-refractivity contribution in [3.8, 4) is 5.75 Å². The number of benzene rings is 1. The molecule has 0 saturated carbocycles. The number of ether oxygens (including phenoxy) is 2. The van der Waals surface area contributed by atoms with E-state index in [1.807, 2.05) is 32.9 Å². The second kappa shape index (κ2) is 7.09. The lowest BCUT2D eigenvalue weighted by molar-refractivity contribution is -0.127. The topological polar surface area (TPSA) is 38.7 Å². The van der Waals surface area contributed by atoms with Gasteiger partial charge in [0.1, 0.15) is 11.9 Å². The lowest BCUT2D eigenvalue weighted by atomic mass is 9.83. The van der Waals surface area contributed by atoms with Gasteiger partial charge in [-0.05, 0) is 62.4 Å². The van der Waals surface area contributed by atoms with E-state index >= 15 is 0 Å². The summed E-state index contributed by atoms with van der Waals surface area (Å²) in [6, 6.07) is 3.99. The van der Waals surface area contributed by atoms with E-state index in [9.17, 15) is 5.11 Å². The summed E-state index contributed by atoms with van der Waals surface area (Å²) in [6.45, 7) is 10.7. The fraction of sp³-hybridized carbons (Fsp3) is 0.647. The molecule has 0 aliphatic rings. The van der Waals surface area contributed by atoms with Gasteiger partial charge in [0, 0.05) is 6.61 Å². The van der Waals surface area contributed by atoms with Gasteiger partial charge < -0.3 is 14.6 Å². The number of aryl methyl sites for hydroxylation is 2. The molecule has 0 aliphatic heterocycles. The predicted octanol–water partition coefficient (Wildman–Crippen LogP) is 3.94. The largest absolute Gasteiger partial charge is 0.496 e. The van der Waals surface area contributed by atoms with Gasteiger partial charge in [-0.2, -0.15) is 0 Å². The van der Waals surface area contributed by atoms with Gasteiger partial charge in [-0.25, -0.2) is 0 Å². The van der Waals surface area contributed by atoms with Crippen LogP contribution in [0.15, 0.2) is 12.1 Å². The molecule has 0 fully saturated rings. The zero-order chi connectivity index (χ0) is 15.3. The molecule has 0 saturated heterocycles. The smallest absolute Gasteiger partial charge is 0.122 e. The molecule has 0 radical (unpaired) electrons. The third-order valence-electron chi connectivity index (χ3n) is 4.21. The first kappa shape index (κ1) is 17.0. The van der Waals surface area contributed by atoms with E-state index in [0.717, 1.165) is 35.3 Å². The fourth-order valence-corrected chi connectivity index (χ4v) is 2.82. The molecule has 0 spiro atoms. The fourth-order valence-electron chi connectivity index (χ4n) is 2.82. The van der Waals surface area contributed by atoms with Crippen LogP contribution in [-0.2, 0) is 4.74 Å². The number of aliphatic hydroxyl groups excluding tert-OH is 1. The Kier molecular flexibility index (Phi) is 6.03. The summed E-state index contributed by atoms with van der Waals surface area (Å²) >= 11 is 0. The van der Waals surface area contributed by atoms with Crippen molar-refractivity contribution < 1.29 is 14.6 Å². The molecule has 0 aliphatic carbocycles. The van der Waals surface area contributed by atoms with Gasteiger partial charge in [0.25, 0.3) is 0 Å². The van der Waals surface area contributed by atoms with E-state index < -0.39 is 11.7 Å². The molecule has 1 aromatic carbocycles. The van der Waals surface area contributed by atoms with Crippen LogP contribution in [0.2, 0.25) is 0 Å². The first-order chi connectivity index (χ1) is 9.45. The molecule has 1 atom stereocenters. The van der Waals surface area contributed by atoms with Crippen molar-refractivity contribution >= 4 is 0 Å². The van der Waals surface area contributed by atoms with Crippen LogP contribution in [0.4, 0.5) is 0 Å². The van der Waals surface area contributed by atoms with Crippen LogP contribution >= 0.6 is 0 Å². The number of methoxy groups -OCH3 is 1. The zero-order valence-electron chi connectivity index (χ0n) is 13.6. The Balaban J connectivity index is 3.24. The van der Waals surface area contributed by atoms with E-state index in [0.29, 0.717) is 6.61 Å². The van der Waals surface area contributed by atoms with Gasteiger partial charge in [0.2, 0.25) is 0 Å². The Hall–Kier alpha value is -1.06. The molecular weight excluding hydrogens is 252 g/mol. The highest BCUT2D eigenvalue weighted by atomic mass is 16.5. The maximum atomic E-state index is 10.9. The summed E-state index contributed by atoms with van der Waals surface area (Å²) in [5, 5.41) is 10.9. The molecule has 20 heavy (non-hydrogen) atoms. The highest BCUT2D eigenvalue weighted by Gasteiger charge is 2.37. The maximum Gasteiger partial charge on any atom is 0.122 e. The molecule has 1 aromatic rings. The van der Waals surface area contributed by atoms with E-state index in [1.165, 1.54) is 0 Å². The molecule has 0 bridgehead atoms. The highest BCUT2D eigenvalue weighted by Crippen LogP contribution is 2.38. The molecule has 0 aromatic heterocycles. The van der Waals surface area contributed by atoms with Crippen LogP contribution < -0.4 is 4.74 Å².